The Balaban J connectivity index is 2.60. The highest BCUT2D eigenvalue weighted by Gasteiger charge is 2.39. The zero-order valence-corrected chi connectivity index (χ0v) is 16.4. The van der Waals surface area contributed by atoms with Gasteiger partial charge in [0.25, 0.3) is 0 Å². The van der Waals surface area contributed by atoms with Crippen LogP contribution in [0.4, 0.5) is 0 Å². The summed E-state index contributed by atoms with van der Waals surface area (Å²) in [6.07, 6.45) is 10.1. The highest BCUT2D eigenvalue weighted by molar-refractivity contribution is 5.84. The van der Waals surface area contributed by atoms with E-state index >= 15 is 0 Å². The molecule has 0 saturated heterocycles. The van der Waals surface area contributed by atoms with Crippen molar-refractivity contribution in [3.05, 3.63) is 24.3 Å². The summed E-state index contributed by atoms with van der Waals surface area (Å²) in [5.41, 5.74) is 0. The van der Waals surface area contributed by atoms with Crippen LogP contribution in [0.25, 0.3) is 0 Å². The van der Waals surface area contributed by atoms with Crippen molar-refractivity contribution in [2.75, 3.05) is 7.11 Å². The SMILES string of the molecule is CCCC[C@@H](OC)[C@H](O)/C=C/C1[C@H](O)CC(=O)[C@@H]1C/C=C\CCCC(=O)O. The predicted molar refractivity (Wildman–Crippen MR) is 103 cm³/mol. The van der Waals surface area contributed by atoms with E-state index in [0.29, 0.717) is 19.3 Å². The minimum absolute atomic E-state index is 0.0242. The van der Waals surface area contributed by atoms with Gasteiger partial charge in [0, 0.05) is 31.8 Å². The number of allylic oxidation sites excluding steroid dienone is 2. The van der Waals surface area contributed by atoms with E-state index in [1.54, 1.807) is 19.3 Å². The van der Waals surface area contributed by atoms with Crippen LogP contribution in [0.5, 0.6) is 0 Å². The van der Waals surface area contributed by atoms with Crippen molar-refractivity contribution in [3.8, 4) is 0 Å². The summed E-state index contributed by atoms with van der Waals surface area (Å²) in [6, 6.07) is 0. The molecule has 0 aromatic rings. The number of hydrogen-bond acceptors (Lipinski definition) is 5. The maximum absolute atomic E-state index is 12.2. The van der Waals surface area contributed by atoms with Gasteiger partial charge in [-0.2, -0.15) is 0 Å². The number of rotatable bonds is 13. The highest BCUT2D eigenvalue weighted by Crippen LogP contribution is 2.33. The fourth-order valence-corrected chi connectivity index (χ4v) is 3.46. The average Bonchev–Trinajstić information content (AvgIpc) is 2.89. The van der Waals surface area contributed by atoms with Gasteiger partial charge in [-0.1, -0.05) is 44.1 Å². The summed E-state index contributed by atoms with van der Waals surface area (Å²) < 4.78 is 5.34. The van der Waals surface area contributed by atoms with E-state index in [2.05, 4.69) is 6.92 Å². The van der Waals surface area contributed by atoms with Crippen LogP contribution in [0.3, 0.4) is 0 Å². The molecule has 0 amide bonds. The molecule has 5 atom stereocenters. The number of carbonyl (C=O) groups is 2. The molecule has 0 aromatic carbocycles. The number of carboxylic acid groups (broad SMARTS) is 1. The third kappa shape index (κ3) is 8.37. The van der Waals surface area contributed by atoms with Crippen LogP contribution < -0.4 is 0 Å². The molecule has 27 heavy (non-hydrogen) atoms. The standard InChI is InChI=1S/C21H34O6/c1-3-4-10-20(27-2)17(22)13-12-16-15(18(23)14-19(16)24)9-7-5-6-8-11-21(25)26/h5,7,12-13,15-17,19-20,22,24H,3-4,6,8-11,14H2,1-2H3,(H,25,26)/b7-5-,13-12+/t15-,16?,17-,19-,20-/m1/s1. The summed E-state index contributed by atoms with van der Waals surface area (Å²) >= 11 is 0. The summed E-state index contributed by atoms with van der Waals surface area (Å²) in [7, 11) is 1.57. The van der Waals surface area contributed by atoms with Gasteiger partial charge in [0.1, 0.15) is 5.78 Å². The summed E-state index contributed by atoms with van der Waals surface area (Å²) in [6.45, 7) is 2.08. The zero-order chi connectivity index (χ0) is 20.2. The first-order chi connectivity index (χ1) is 12.9. The Hall–Kier alpha value is -1.50. The van der Waals surface area contributed by atoms with Crippen molar-refractivity contribution in [1.29, 1.82) is 0 Å². The van der Waals surface area contributed by atoms with Gasteiger partial charge in [0.05, 0.1) is 18.3 Å². The van der Waals surface area contributed by atoms with Crippen molar-refractivity contribution < 1.29 is 29.6 Å². The minimum atomic E-state index is -0.811. The molecule has 1 aliphatic carbocycles. The molecule has 154 valence electrons. The summed E-state index contributed by atoms with van der Waals surface area (Å²) in [5, 5.41) is 29.1. The van der Waals surface area contributed by atoms with Gasteiger partial charge < -0.3 is 20.1 Å². The van der Waals surface area contributed by atoms with E-state index in [9.17, 15) is 19.8 Å². The molecule has 0 bridgehead atoms. The van der Waals surface area contributed by atoms with Crippen molar-refractivity contribution >= 4 is 11.8 Å². The molecule has 0 spiro atoms. The van der Waals surface area contributed by atoms with Gasteiger partial charge in [-0.05, 0) is 25.7 Å². The highest BCUT2D eigenvalue weighted by atomic mass is 16.5. The zero-order valence-electron chi connectivity index (χ0n) is 16.4. The van der Waals surface area contributed by atoms with E-state index in [1.807, 2.05) is 12.2 Å². The molecule has 1 fully saturated rings. The molecule has 6 heteroatoms. The average molecular weight is 382 g/mol. The molecule has 0 heterocycles. The molecule has 0 aromatic heterocycles. The van der Waals surface area contributed by atoms with Crippen LogP contribution >= 0.6 is 0 Å². The van der Waals surface area contributed by atoms with Crippen molar-refractivity contribution in [2.45, 2.75) is 76.6 Å². The third-order valence-electron chi connectivity index (χ3n) is 5.11. The number of aliphatic carboxylic acids is 1. The normalized spacial score (nSPS) is 25.5. The topological polar surface area (TPSA) is 104 Å². The largest absolute Gasteiger partial charge is 0.481 e. The Kier molecular flexibility index (Phi) is 11.2. The lowest BCUT2D eigenvalue weighted by molar-refractivity contribution is -0.137. The number of carbonyl (C=O) groups excluding carboxylic acids is 1. The molecule has 1 saturated carbocycles. The second-order valence-electron chi connectivity index (χ2n) is 7.21. The van der Waals surface area contributed by atoms with Crippen LogP contribution in [0, 0.1) is 11.8 Å². The van der Waals surface area contributed by atoms with Crippen molar-refractivity contribution in [1.82, 2.24) is 0 Å². The van der Waals surface area contributed by atoms with Crippen LogP contribution in [-0.2, 0) is 14.3 Å². The van der Waals surface area contributed by atoms with Gasteiger partial charge >= 0.3 is 5.97 Å². The Morgan fingerprint density at radius 2 is 2.07 bits per heavy atom. The smallest absolute Gasteiger partial charge is 0.303 e. The molecule has 1 unspecified atom stereocenters. The first-order valence-corrected chi connectivity index (χ1v) is 9.87. The van der Waals surface area contributed by atoms with E-state index in [0.717, 1.165) is 19.3 Å². The Labute approximate surface area is 161 Å². The first kappa shape index (κ1) is 23.5. The molecule has 1 aliphatic rings. The molecule has 6 nitrogen and oxygen atoms in total. The number of ether oxygens (including phenoxy) is 1. The van der Waals surface area contributed by atoms with E-state index < -0.39 is 18.2 Å². The number of aliphatic hydroxyl groups excluding tert-OH is 2. The van der Waals surface area contributed by atoms with Gasteiger partial charge in [0.15, 0.2) is 0 Å². The number of hydrogen-bond donors (Lipinski definition) is 3. The van der Waals surface area contributed by atoms with Gasteiger partial charge in [-0.3, -0.25) is 9.59 Å². The second kappa shape index (κ2) is 12.8. The number of methoxy groups -OCH3 is 1. The fourth-order valence-electron chi connectivity index (χ4n) is 3.46. The van der Waals surface area contributed by atoms with Crippen molar-refractivity contribution in [2.24, 2.45) is 11.8 Å². The lowest BCUT2D eigenvalue weighted by atomic mass is 9.90. The Morgan fingerprint density at radius 3 is 2.70 bits per heavy atom. The predicted octanol–water partition coefficient (Wildman–Crippen LogP) is 2.88. The first-order valence-electron chi connectivity index (χ1n) is 9.87. The van der Waals surface area contributed by atoms with Crippen LogP contribution in [0.2, 0.25) is 0 Å². The summed E-state index contributed by atoms with van der Waals surface area (Å²) in [5.74, 6) is -1.42. The summed E-state index contributed by atoms with van der Waals surface area (Å²) in [4.78, 5) is 22.7. The second-order valence-corrected chi connectivity index (χ2v) is 7.21. The molecular weight excluding hydrogens is 348 g/mol. The minimum Gasteiger partial charge on any atom is -0.481 e. The number of ketones is 1. The molecule has 1 rings (SSSR count). The maximum Gasteiger partial charge on any atom is 0.303 e. The van der Waals surface area contributed by atoms with Crippen molar-refractivity contribution in [3.63, 3.8) is 0 Å². The molecule has 3 N–H and O–H groups in total. The van der Waals surface area contributed by atoms with Crippen LogP contribution in [0.1, 0.15) is 58.3 Å². The van der Waals surface area contributed by atoms with E-state index in [1.165, 1.54) is 0 Å². The fraction of sp³-hybridized carbons (Fsp3) is 0.714. The maximum atomic E-state index is 12.2. The quantitative estimate of drug-likeness (QED) is 0.334. The van der Waals surface area contributed by atoms with E-state index in [-0.39, 0.29) is 36.6 Å². The molecule has 0 aliphatic heterocycles. The monoisotopic (exact) mass is 382 g/mol. The lowest BCUT2D eigenvalue weighted by Crippen LogP contribution is -2.27. The van der Waals surface area contributed by atoms with Gasteiger partial charge in [0.2, 0.25) is 0 Å². The van der Waals surface area contributed by atoms with Gasteiger partial charge in [-0.15, -0.1) is 0 Å². The van der Waals surface area contributed by atoms with Crippen LogP contribution in [0.15, 0.2) is 24.3 Å². The molecular formula is C21H34O6. The van der Waals surface area contributed by atoms with E-state index in [4.69, 9.17) is 9.84 Å². The Bertz CT molecular complexity index is 513. The van der Waals surface area contributed by atoms with Gasteiger partial charge in [-0.25, -0.2) is 0 Å². The number of aliphatic hydroxyl groups is 2. The number of carboxylic acids is 1. The molecule has 0 radical (unpaired) electrons. The number of unbranched alkanes of at least 4 members (excludes halogenated alkanes) is 2. The Morgan fingerprint density at radius 1 is 1.33 bits per heavy atom. The lowest BCUT2D eigenvalue weighted by Gasteiger charge is -2.20. The third-order valence-corrected chi connectivity index (χ3v) is 5.11. The number of Topliss-reactive ketones (excluding diaryl/α,β-unsaturated/α-hetero) is 1. The van der Waals surface area contributed by atoms with Crippen LogP contribution in [-0.4, -0.2) is 52.5 Å².